The van der Waals surface area contributed by atoms with Crippen molar-refractivity contribution in [2.45, 2.75) is 64.5 Å². The third kappa shape index (κ3) is 4.59. The number of piperazine rings is 1. The van der Waals surface area contributed by atoms with Crippen LogP contribution in [0.4, 0.5) is 5.82 Å². The largest absolute Gasteiger partial charge is 0.465 e. The van der Waals surface area contributed by atoms with Gasteiger partial charge in [-0.15, -0.1) is 0 Å². The van der Waals surface area contributed by atoms with E-state index in [1.807, 2.05) is 24.3 Å². The molecular formula is C29H36N4O3. The lowest BCUT2D eigenvalue weighted by Gasteiger charge is -2.44. The highest BCUT2D eigenvalue weighted by molar-refractivity contribution is 5.88. The Hall–Kier alpha value is -3.00. The van der Waals surface area contributed by atoms with Gasteiger partial charge in [-0.3, -0.25) is 4.90 Å². The summed E-state index contributed by atoms with van der Waals surface area (Å²) >= 11 is 0. The average Bonchev–Trinajstić information content (AvgIpc) is 3.42. The standard InChI is InChI=1S/C29H36N4O3/c1-19(2)26-23-18-36-29(3,4)15-21(23)22(16-30)27(31-26)32-12-13-33(28(34)25-11-8-14-35-25)24(17-32)20-9-6-5-7-10-20/h5-11,14,16,19,24,28,30,34H,12-13,15,17-18H2,1-4H3. The summed E-state index contributed by atoms with van der Waals surface area (Å²) in [6, 6.07) is 13.8. The molecule has 2 aliphatic heterocycles. The lowest BCUT2D eigenvalue weighted by atomic mass is 9.86. The number of hydrogen-bond donors (Lipinski definition) is 2. The first kappa shape index (κ1) is 24.7. The van der Waals surface area contributed by atoms with Gasteiger partial charge in [-0.05, 0) is 43.0 Å². The molecule has 0 spiro atoms. The lowest BCUT2D eigenvalue weighted by Crippen LogP contribution is -2.50. The number of aliphatic hydroxyl groups excluding tert-OH is 1. The Morgan fingerprint density at radius 1 is 1.11 bits per heavy atom. The van der Waals surface area contributed by atoms with Crippen LogP contribution in [-0.4, -0.2) is 46.4 Å². The maximum atomic E-state index is 11.2. The minimum Gasteiger partial charge on any atom is -0.465 e. The van der Waals surface area contributed by atoms with Crippen molar-refractivity contribution in [1.29, 1.82) is 5.41 Å². The third-order valence-corrected chi connectivity index (χ3v) is 7.38. The van der Waals surface area contributed by atoms with Crippen LogP contribution >= 0.6 is 0 Å². The Balaban J connectivity index is 1.56. The second kappa shape index (κ2) is 9.81. The molecule has 0 bridgehead atoms. The third-order valence-electron chi connectivity index (χ3n) is 7.38. The van der Waals surface area contributed by atoms with E-state index >= 15 is 0 Å². The molecule has 5 rings (SSSR count). The summed E-state index contributed by atoms with van der Waals surface area (Å²) in [6.07, 6.45) is 2.98. The van der Waals surface area contributed by atoms with Gasteiger partial charge in [0.2, 0.25) is 0 Å². The highest BCUT2D eigenvalue weighted by atomic mass is 16.5. The Morgan fingerprint density at radius 3 is 2.56 bits per heavy atom. The van der Waals surface area contributed by atoms with Crippen LogP contribution < -0.4 is 4.90 Å². The van der Waals surface area contributed by atoms with E-state index in [4.69, 9.17) is 19.5 Å². The molecule has 2 aromatic heterocycles. The first-order valence-corrected chi connectivity index (χ1v) is 12.8. The normalized spacial score (nSPS) is 20.8. The number of anilines is 1. The van der Waals surface area contributed by atoms with Gasteiger partial charge in [0, 0.05) is 43.4 Å². The van der Waals surface area contributed by atoms with E-state index in [1.54, 1.807) is 12.3 Å². The fourth-order valence-corrected chi connectivity index (χ4v) is 5.53. The molecule has 2 aliphatic rings. The van der Waals surface area contributed by atoms with Gasteiger partial charge >= 0.3 is 0 Å². The zero-order valence-electron chi connectivity index (χ0n) is 21.6. The van der Waals surface area contributed by atoms with E-state index in [-0.39, 0.29) is 17.6 Å². The molecule has 1 aromatic carbocycles. The number of hydrogen-bond acceptors (Lipinski definition) is 7. The van der Waals surface area contributed by atoms with Crippen LogP contribution in [0.3, 0.4) is 0 Å². The predicted octanol–water partition coefficient (Wildman–Crippen LogP) is 5.20. The van der Waals surface area contributed by atoms with Gasteiger partial charge in [-0.2, -0.15) is 0 Å². The number of rotatable bonds is 6. The molecule has 1 saturated heterocycles. The molecule has 7 nitrogen and oxygen atoms in total. The number of aromatic nitrogens is 1. The van der Waals surface area contributed by atoms with E-state index in [0.717, 1.165) is 34.6 Å². The molecule has 0 amide bonds. The molecule has 2 N–H and O–H groups in total. The quantitative estimate of drug-likeness (QED) is 0.464. The number of furan rings is 1. The van der Waals surface area contributed by atoms with E-state index in [9.17, 15) is 5.11 Å². The summed E-state index contributed by atoms with van der Waals surface area (Å²) in [4.78, 5) is 9.55. The molecule has 3 aromatic rings. The number of pyridine rings is 1. The van der Waals surface area contributed by atoms with Crippen molar-refractivity contribution in [3.05, 3.63) is 82.4 Å². The topological polar surface area (TPSA) is 85.8 Å². The number of fused-ring (bicyclic) bond motifs is 1. The van der Waals surface area contributed by atoms with Crippen molar-refractivity contribution >= 4 is 12.0 Å². The molecule has 0 radical (unpaired) electrons. The molecule has 2 atom stereocenters. The van der Waals surface area contributed by atoms with Crippen molar-refractivity contribution in [3.63, 3.8) is 0 Å². The number of ether oxygens (including phenoxy) is 1. The highest BCUT2D eigenvalue weighted by Crippen LogP contribution is 2.39. The molecule has 4 heterocycles. The van der Waals surface area contributed by atoms with Crippen LogP contribution in [0.5, 0.6) is 0 Å². The van der Waals surface area contributed by atoms with Gasteiger partial charge in [0.1, 0.15) is 11.6 Å². The Kier molecular flexibility index (Phi) is 6.72. The summed E-state index contributed by atoms with van der Waals surface area (Å²) in [6.45, 7) is 11.0. The SMILES string of the molecule is CC(C)c1nc(N2CCN(C(O)c3ccco3)C(c3ccccc3)C2)c(C=N)c2c1COC(C)(C)C2. The van der Waals surface area contributed by atoms with Gasteiger partial charge in [-0.25, -0.2) is 4.98 Å². The van der Waals surface area contributed by atoms with Crippen molar-refractivity contribution in [1.82, 2.24) is 9.88 Å². The number of benzene rings is 1. The monoisotopic (exact) mass is 488 g/mol. The first-order chi connectivity index (χ1) is 17.3. The molecule has 2 unspecified atom stereocenters. The predicted molar refractivity (Wildman–Crippen MR) is 141 cm³/mol. The summed E-state index contributed by atoms with van der Waals surface area (Å²) in [7, 11) is 0. The Bertz CT molecular complexity index is 1210. The zero-order chi connectivity index (χ0) is 25.4. The Morgan fingerprint density at radius 2 is 1.89 bits per heavy atom. The number of aliphatic hydroxyl groups is 1. The van der Waals surface area contributed by atoms with Crippen LogP contribution in [0.15, 0.2) is 53.1 Å². The molecule has 0 aliphatic carbocycles. The van der Waals surface area contributed by atoms with Crippen LogP contribution in [0.25, 0.3) is 0 Å². The van der Waals surface area contributed by atoms with Gasteiger partial charge in [0.15, 0.2) is 6.23 Å². The van der Waals surface area contributed by atoms with Crippen LogP contribution in [-0.2, 0) is 17.8 Å². The molecule has 0 saturated carbocycles. The summed E-state index contributed by atoms with van der Waals surface area (Å²) < 4.78 is 11.7. The van der Waals surface area contributed by atoms with E-state index < -0.39 is 6.23 Å². The molecule has 7 heteroatoms. The first-order valence-electron chi connectivity index (χ1n) is 12.8. The average molecular weight is 489 g/mol. The van der Waals surface area contributed by atoms with Gasteiger partial charge in [0.25, 0.3) is 0 Å². The van der Waals surface area contributed by atoms with Crippen molar-refractivity contribution < 1.29 is 14.3 Å². The molecule has 190 valence electrons. The molecule has 1 fully saturated rings. The van der Waals surface area contributed by atoms with Crippen LogP contribution in [0.2, 0.25) is 0 Å². The summed E-state index contributed by atoms with van der Waals surface area (Å²) in [5.41, 5.74) is 5.10. The Labute approximate surface area is 213 Å². The number of nitrogens with zero attached hydrogens (tertiary/aromatic N) is 3. The summed E-state index contributed by atoms with van der Waals surface area (Å²) in [5, 5.41) is 19.6. The lowest BCUT2D eigenvalue weighted by molar-refractivity contribution is -0.0472. The van der Waals surface area contributed by atoms with Crippen molar-refractivity contribution in [2.75, 3.05) is 24.5 Å². The van der Waals surface area contributed by atoms with E-state index in [1.165, 1.54) is 11.8 Å². The minimum atomic E-state index is -0.838. The van der Waals surface area contributed by atoms with Gasteiger partial charge in [0.05, 0.1) is 30.2 Å². The zero-order valence-corrected chi connectivity index (χ0v) is 21.6. The van der Waals surface area contributed by atoms with Crippen molar-refractivity contribution in [2.24, 2.45) is 0 Å². The fourth-order valence-electron chi connectivity index (χ4n) is 5.53. The minimum absolute atomic E-state index is 0.0706. The van der Waals surface area contributed by atoms with Gasteiger partial charge in [-0.1, -0.05) is 44.2 Å². The summed E-state index contributed by atoms with van der Waals surface area (Å²) in [5.74, 6) is 1.65. The molecule has 36 heavy (non-hydrogen) atoms. The second-order valence-corrected chi connectivity index (χ2v) is 10.7. The van der Waals surface area contributed by atoms with E-state index in [2.05, 4.69) is 49.6 Å². The highest BCUT2D eigenvalue weighted by Gasteiger charge is 2.37. The molecular weight excluding hydrogens is 452 g/mol. The van der Waals surface area contributed by atoms with Crippen LogP contribution in [0, 0.1) is 5.41 Å². The fraction of sp³-hybridized carbons (Fsp3) is 0.448. The second-order valence-electron chi connectivity index (χ2n) is 10.7. The van der Waals surface area contributed by atoms with Crippen LogP contribution in [0.1, 0.15) is 79.6 Å². The smallest absolute Gasteiger partial charge is 0.167 e. The van der Waals surface area contributed by atoms with E-state index in [0.29, 0.717) is 32.0 Å². The maximum Gasteiger partial charge on any atom is 0.167 e. The van der Waals surface area contributed by atoms with Gasteiger partial charge < -0.3 is 24.6 Å². The van der Waals surface area contributed by atoms with Crippen molar-refractivity contribution in [3.8, 4) is 0 Å². The number of nitrogens with one attached hydrogen (secondary N) is 1. The maximum absolute atomic E-state index is 11.2.